The third kappa shape index (κ3) is 1.97. The minimum atomic E-state index is 0.0441. The van der Waals surface area contributed by atoms with Crippen LogP contribution in [0.15, 0.2) is 24.3 Å². The van der Waals surface area contributed by atoms with Gasteiger partial charge in [0.1, 0.15) is 0 Å². The molecule has 0 spiro atoms. The van der Waals surface area contributed by atoms with Crippen molar-refractivity contribution in [1.29, 1.82) is 0 Å². The fourth-order valence-corrected chi connectivity index (χ4v) is 3.58. The van der Waals surface area contributed by atoms with E-state index >= 15 is 0 Å². The van der Waals surface area contributed by atoms with Crippen LogP contribution in [0.4, 0.5) is 0 Å². The molecule has 106 valence electrons. The summed E-state index contributed by atoms with van der Waals surface area (Å²) in [5.41, 5.74) is 13.0. The highest BCUT2D eigenvalue weighted by atomic mass is 15.3. The maximum absolute atomic E-state index is 6.53. The summed E-state index contributed by atoms with van der Waals surface area (Å²) in [6.07, 6.45) is 3.20. The van der Waals surface area contributed by atoms with Crippen molar-refractivity contribution in [2.24, 2.45) is 5.73 Å². The van der Waals surface area contributed by atoms with Crippen molar-refractivity contribution < 1.29 is 0 Å². The fourth-order valence-electron chi connectivity index (χ4n) is 3.58. The summed E-state index contributed by atoms with van der Waals surface area (Å²) in [7, 11) is 0. The zero-order valence-electron chi connectivity index (χ0n) is 12.6. The molecule has 20 heavy (non-hydrogen) atoms. The van der Waals surface area contributed by atoms with E-state index in [1.54, 1.807) is 0 Å². The van der Waals surface area contributed by atoms with Crippen LogP contribution in [0.1, 0.15) is 53.5 Å². The number of hydrogen-bond acceptors (Lipinski definition) is 2. The quantitative estimate of drug-likeness (QED) is 0.909. The van der Waals surface area contributed by atoms with Crippen LogP contribution in [-0.4, -0.2) is 9.78 Å². The zero-order valence-corrected chi connectivity index (χ0v) is 12.6. The molecule has 1 aliphatic rings. The van der Waals surface area contributed by atoms with Crippen LogP contribution >= 0.6 is 0 Å². The molecule has 3 nitrogen and oxygen atoms in total. The average Bonchev–Trinajstić information content (AvgIpc) is 2.74. The molecule has 0 amide bonds. The van der Waals surface area contributed by atoms with E-state index in [2.05, 4.69) is 49.7 Å². The zero-order chi connectivity index (χ0) is 14.3. The molecule has 2 aromatic rings. The van der Waals surface area contributed by atoms with Crippen LogP contribution < -0.4 is 5.73 Å². The van der Waals surface area contributed by atoms with Crippen LogP contribution in [0.3, 0.4) is 0 Å². The van der Waals surface area contributed by atoms with E-state index in [4.69, 9.17) is 10.8 Å². The second-order valence-corrected chi connectivity index (χ2v) is 5.78. The minimum absolute atomic E-state index is 0.0441. The molecule has 1 aliphatic carbocycles. The van der Waals surface area contributed by atoms with Crippen molar-refractivity contribution in [3.05, 3.63) is 52.3 Å². The number of rotatable bonds is 2. The third-order valence-corrected chi connectivity index (χ3v) is 4.68. The smallest absolute Gasteiger partial charge is 0.0718 e. The summed E-state index contributed by atoms with van der Waals surface area (Å²) in [6.45, 7) is 6.47. The van der Waals surface area contributed by atoms with E-state index < -0.39 is 0 Å². The summed E-state index contributed by atoms with van der Waals surface area (Å²) in [5, 5.41) is 4.76. The Labute approximate surface area is 120 Å². The van der Waals surface area contributed by atoms with Crippen molar-refractivity contribution in [1.82, 2.24) is 9.78 Å². The van der Waals surface area contributed by atoms with Gasteiger partial charge in [0.15, 0.2) is 0 Å². The maximum Gasteiger partial charge on any atom is 0.0718 e. The number of aromatic nitrogens is 2. The predicted octanol–water partition coefficient (Wildman–Crippen LogP) is 3.25. The number of aryl methyl sites for hydroxylation is 2. The first-order valence-electron chi connectivity index (χ1n) is 7.51. The van der Waals surface area contributed by atoms with E-state index in [9.17, 15) is 0 Å². The molecular formula is C17H23N3. The minimum Gasteiger partial charge on any atom is -0.322 e. The highest BCUT2D eigenvalue weighted by Crippen LogP contribution is 2.36. The lowest BCUT2D eigenvalue weighted by atomic mass is 9.84. The lowest BCUT2D eigenvalue weighted by molar-refractivity contribution is 0.336. The largest absolute Gasteiger partial charge is 0.322 e. The molecule has 0 bridgehead atoms. The Morgan fingerprint density at radius 2 is 2.05 bits per heavy atom. The molecule has 0 aliphatic heterocycles. The van der Waals surface area contributed by atoms with E-state index in [0.717, 1.165) is 25.0 Å². The van der Waals surface area contributed by atoms with E-state index in [1.165, 1.54) is 22.4 Å². The average molecular weight is 269 g/mol. The first kappa shape index (κ1) is 13.4. The lowest BCUT2D eigenvalue weighted by Crippen LogP contribution is -2.31. The highest BCUT2D eigenvalue weighted by Gasteiger charge is 2.30. The molecule has 3 heteroatoms. The van der Waals surface area contributed by atoms with Crippen molar-refractivity contribution in [2.75, 3.05) is 0 Å². The molecule has 2 N–H and O–H groups in total. The van der Waals surface area contributed by atoms with Gasteiger partial charge in [-0.3, -0.25) is 4.68 Å². The second-order valence-electron chi connectivity index (χ2n) is 5.78. The van der Waals surface area contributed by atoms with Gasteiger partial charge in [0.25, 0.3) is 0 Å². The van der Waals surface area contributed by atoms with Crippen LogP contribution in [0.25, 0.3) is 0 Å². The Bertz CT molecular complexity index is 627. The van der Waals surface area contributed by atoms with Crippen molar-refractivity contribution in [3.63, 3.8) is 0 Å². The lowest BCUT2D eigenvalue weighted by Gasteiger charge is -2.32. The van der Waals surface area contributed by atoms with Gasteiger partial charge >= 0.3 is 0 Å². The first-order chi connectivity index (χ1) is 9.63. The van der Waals surface area contributed by atoms with Gasteiger partial charge in [0.05, 0.1) is 17.8 Å². The molecule has 2 unspecified atom stereocenters. The molecule has 0 saturated heterocycles. The van der Waals surface area contributed by atoms with Gasteiger partial charge in [-0.1, -0.05) is 31.2 Å². The van der Waals surface area contributed by atoms with Crippen LogP contribution in [0.5, 0.6) is 0 Å². The molecule has 2 atom stereocenters. The topological polar surface area (TPSA) is 43.8 Å². The van der Waals surface area contributed by atoms with Crippen molar-refractivity contribution in [3.8, 4) is 0 Å². The fraction of sp³-hybridized carbons (Fsp3) is 0.471. The summed E-state index contributed by atoms with van der Waals surface area (Å²) in [6, 6.07) is 8.87. The molecule has 1 aromatic heterocycles. The molecule has 0 radical (unpaired) electrons. The van der Waals surface area contributed by atoms with Crippen molar-refractivity contribution >= 4 is 0 Å². The van der Waals surface area contributed by atoms with Gasteiger partial charge in [-0.05, 0) is 49.8 Å². The first-order valence-corrected chi connectivity index (χ1v) is 7.51. The van der Waals surface area contributed by atoms with Gasteiger partial charge in [0, 0.05) is 5.69 Å². The second kappa shape index (κ2) is 5.06. The van der Waals surface area contributed by atoms with Gasteiger partial charge in [-0.15, -0.1) is 0 Å². The van der Waals surface area contributed by atoms with Gasteiger partial charge in [0.2, 0.25) is 0 Å². The number of hydrogen-bond donors (Lipinski definition) is 1. The Kier molecular flexibility index (Phi) is 3.38. The summed E-state index contributed by atoms with van der Waals surface area (Å²) in [5.74, 6) is 0. The molecule has 1 aromatic carbocycles. The Balaban J connectivity index is 2.01. The normalized spacial score (nSPS) is 21.8. The Morgan fingerprint density at radius 3 is 2.75 bits per heavy atom. The van der Waals surface area contributed by atoms with E-state index in [-0.39, 0.29) is 12.1 Å². The summed E-state index contributed by atoms with van der Waals surface area (Å²) < 4.78 is 2.18. The number of nitrogens with zero attached hydrogens (tertiary/aromatic N) is 2. The number of fused-ring (bicyclic) bond motifs is 1. The standard InChI is InChI=1S/C17H23N3/c1-4-14-11(2)19-20(12(14)3)16-10-9-13-7-5-6-8-15(13)17(16)18/h5-8,16-17H,4,9-10,18H2,1-3H3. The Morgan fingerprint density at radius 1 is 1.30 bits per heavy atom. The van der Waals surface area contributed by atoms with E-state index in [0.29, 0.717) is 0 Å². The van der Waals surface area contributed by atoms with Gasteiger partial charge < -0.3 is 5.73 Å². The summed E-state index contributed by atoms with van der Waals surface area (Å²) >= 11 is 0. The molecule has 0 saturated carbocycles. The number of benzene rings is 1. The maximum atomic E-state index is 6.53. The van der Waals surface area contributed by atoms with Gasteiger partial charge in [-0.25, -0.2) is 0 Å². The van der Waals surface area contributed by atoms with Crippen LogP contribution in [0, 0.1) is 13.8 Å². The molecule has 0 fully saturated rings. The molecule has 1 heterocycles. The molecular weight excluding hydrogens is 246 g/mol. The third-order valence-electron chi connectivity index (χ3n) is 4.68. The SMILES string of the molecule is CCc1c(C)nn(C2CCc3ccccc3C2N)c1C. The van der Waals surface area contributed by atoms with Crippen LogP contribution in [-0.2, 0) is 12.8 Å². The summed E-state index contributed by atoms with van der Waals surface area (Å²) in [4.78, 5) is 0. The van der Waals surface area contributed by atoms with Crippen LogP contribution in [0.2, 0.25) is 0 Å². The van der Waals surface area contributed by atoms with E-state index in [1.807, 2.05) is 0 Å². The number of nitrogens with two attached hydrogens (primary N) is 1. The predicted molar refractivity (Wildman–Crippen MR) is 81.8 cm³/mol. The Hall–Kier alpha value is -1.61. The highest BCUT2D eigenvalue weighted by molar-refractivity contribution is 5.34. The van der Waals surface area contributed by atoms with Gasteiger partial charge in [-0.2, -0.15) is 5.10 Å². The molecule has 3 rings (SSSR count). The van der Waals surface area contributed by atoms with Crippen molar-refractivity contribution in [2.45, 2.75) is 52.1 Å². The monoisotopic (exact) mass is 269 g/mol.